The van der Waals surface area contributed by atoms with Crippen LogP contribution in [0.4, 0.5) is 14.5 Å². The maximum absolute atomic E-state index is 13.7. The Morgan fingerprint density at radius 1 is 1.03 bits per heavy atom. The van der Waals surface area contributed by atoms with Crippen molar-refractivity contribution in [3.05, 3.63) is 65.2 Å². The number of carbonyl (C=O) groups is 2. The van der Waals surface area contributed by atoms with Gasteiger partial charge in [0.05, 0.1) is 11.9 Å². The number of amides is 2. The number of carbonyl (C=O) groups excluding carboxylic acids is 2. The Bertz CT molecular complexity index is 1190. The minimum Gasteiger partial charge on any atom is -0.352 e. The van der Waals surface area contributed by atoms with Crippen molar-refractivity contribution in [2.45, 2.75) is 72.0 Å². The van der Waals surface area contributed by atoms with Gasteiger partial charge in [-0.1, -0.05) is 38.1 Å². The molecule has 0 spiro atoms. The Hall–Kier alpha value is -3.01. The zero-order valence-corrected chi connectivity index (χ0v) is 22.9. The first-order valence-electron chi connectivity index (χ1n) is 12.5. The van der Waals surface area contributed by atoms with Crippen LogP contribution in [0.15, 0.2) is 42.5 Å². The molecule has 2 aromatic rings. The smallest absolute Gasteiger partial charge is 0.243 e. The van der Waals surface area contributed by atoms with Gasteiger partial charge in [-0.15, -0.1) is 0 Å². The van der Waals surface area contributed by atoms with Crippen molar-refractivity contribution in [1.82, 2.24) is 10.2 Å². The van der Waals surface area contributed by atoms with E-state index in [1.54, 1.807) is 4.90 Å². The van der Waals surface area contributed by atoms with E-state index < -0.39 is 27.7 Å². The predicted octanol–water partition coefficient (Wildman–Crippen LogP) is 4.54. The van der Waals surface area contributed by atoms with E-state index in [1.165, 1.54) is 6.07 Å². The van der Waals surface area contributed by atoms with Crippen molar-refractivity contribution in [2.75, 3.05) is 17.1 Å². The summed E-state index contributed by atoms with van der Waals surface area (Å²) in [6, 6.07) is 9.72. The summed E-state index contributed by atoms with van der Waals surface area (Å²) in [6.07, 6.45) is 2.21. The van der Waals surface area contributed by atoms with Gasteiger partial charge in [0.2, 0.25) is 21.8 Å². The van der Waals surface area contributed by atoms with E-state index in [0.717, 1.165) is 40.2 Å². The number of nitrogens with one attached hydrogen (secondary N) is 1. The molecule has 1 N–H and O–H groups in total. The van der Waals surface area contributed by atoms with E-state index >= 15 is 0 Å². The summed E-state index contributed by atoms with van der Waals surface area (Å²) < 4.78 is 52.8. The largest absolute Gasteiger partial charge is 0.352 e. The minimum absolute atomic E-state index is 0.0232. The number of anilines is 1. The van der Waals surface area contributed by atoms with Crippen LogP contribution in [0.1, 0.15) is 57.6 Å². The first-order valence-corrected chi connectivity index (χ1v) is 14.3. The van der Waals surface area contributed by atoms with Crippen LogP contribution in [0.3, 0.4) is 0 Å². The molecule has 0 unspecified atom stereocenters. The number of nitrogens with zero attached hydrogens (tertiary/aromatic N) is 2. The molecule has 2 rings (SSSR count). The lowest BCUT2D eigenvalue weighted by molar-refractivity contribution is -0.141. The van der Waals surface area contributed by atoms with Crippen molar-refractivity contribution < 1.29 is 26.8 Å². The summed E-state index contributed by atoms with van der Waals surface area (Å²) in [5.74, 6) is -2.78. The molecular formula is C27H37F2N3O4S. The van der Waals surface area contributed by atoms with Crippen LogP contribution in [0, 0.1) is 18.6 Å². The van der Waals surface area contributed by atoms with Crippen LogP contribution in [0.25, 0.3) is 0 Å². The molecule has 2 amide bonds. The van der Waals surface area contributed by atoms with Crippen molar-refractivity contribution in [2.24, 2.45) is 0 Å². The Morgan fingerprint density at radius 2 is 1.70 bits per heavy atom. The normalized spacial score (nSPS) is 13.1. The third-order valence-corrected chi connectivity index (χ3v) is 7.53. The van der Waals surface area contributed by atoms with E-state index in [9.17, 15) is 26.8 Å². The molecule has 204 valence electrons. The zero-order valence-electron chi connectivity index (χ0n) is 22.1. The van der Waals surface area contributed by atoms with Gasteiger partial charge in [-0.3, -0.25) is 13.9 Å². The molecule has 0 aliphatic carbocycles. The molecule has 0 fully saturated rings. The Balaban J connectivity index is 2.25. The summed E-state index contributed by atoms with van der Waals surface area (Å²) in [5, 5.41) is 2.96. The maximum atomic E-state index is 13.7. The fourth-order valence-electron chi connectivity index (χ4n) is 3.98. The fraction of sp³-hybridized carbons (Fsp3) is 0.481. The number of sulfonamides is 1. The lowest BCUT2D eigenvalue weighted by atomic mass is 10.0. The molecule has 0 radical (unpaired) electrons. The molecule has 37 heavy (non-hydrogen) atoms. The van der Waals surface area contributed by atoms with Crippen molar-refractivity contribution in [3.63, 3.8) is 0 Å². The van der Waals surface area contributed by atoms with Gasteiger partial charge in [-0.25, -0.2) is 17.2 Å². The highest BCUT2D eigenvalue weighted by atomic mass is 32.2. The molecule has 0 bridgehead atoms. The van der Waals surface area contributed by atoms with E-state index in [-0.39, 0.29) is 49.5 Å². The molecule has 0 heterocycles. The summed E-state index contributed by atoms with van der Waals surface area (Å²) in [6.45, 7) is 7.76. The van der Waals surface area contributed by atoms with E-state index in [0.29, 0.717) is 6.42 Å². The average molecular weight is 538 g/mol. The van der Waals surface area contributed by atoms with Gasteiger partial charge in [0.15, 0.2) is 11.6 Å². The van der Waals surface area contributed by atoms with E-state index in [2.05, 4.69) is 5.32 Å². The number of rotatable bonds is 13. The van der Waals surface area contributed by atoms with Crippen LogP contribution < -0.4 is 9.62 Å². The van der Waals surface area contributed by atoms with Gasteiger partial charge < -0.3 is 10.2 Å². The maximum Gasteiger partial charge on any atom is 0.243 e. The zero-order chi connectivity index (χ0) is 27.8. The second-order valence-corrected chi connectivity index (χ2v) is 11.1. The van der Waals surface area contributed by atoms with Crippen molar-refractivity contribution in [3.8, 4) is 0 Å². The Morgan fingerprint density at radius 3 is 2.27 bits per heavy atom. The van der Waals surface area contributed by atoms with Gasteiger partial charge in [0, 0.05) is 31.6 Å². The number of benzene rings is 2. The summed E-state index contributed by atoms with van der Waals surface area (Å²) in [5.41, 5.74) is 1.87. The van der Waals surface area contributed by atoms with Crippen LogP contribution in [-0.4, -0.2) is 50.0 Å². The van der Waals surface area contributed by atoms with E-state index in [4.69, 9.17) is 0 Å². The van der Waals surface area contributed by atoms with E-state index in [1.807, 2.05) is 52.0 Å². The number of halogens is 2. The molecule has 0 saturated heterocycles. The molecule has 0 aliphatic rings. The fourth-order valence-corrected chi connectivity index (χ4v) is 4.93. The Kier molecular flexibility index (Phi) is 11.0. The first-order chi connectivity index (χ1) is 17.4. The summed E-state index contributed by atoms with van der Waals surface area (Å²) >= 11 is 0. The number of hydrogen-bond acceptors (Lipinski definition) is 4. The highest BCUT2D eigenvalue weighted by Crippen LogP contribution is 2.22. The molecule has 0 saturated carbocycles. The molecule has 7 nitrogen and oxygen atoms in total. The summed E-state index contributed by atoms with van der Waals surface area (Å²) in [4.78, 5) is 28.1. The van der Waals surface area contributed by atoms with Crippen LogP contribution >= 0.6 is 0 Å². The molecular weight excluding hydrogens is 500 g/mol. The Labute approximate surface area is 218 Å². The average Bonchev–Trinajstić information content (AvgIpc) is 2.83. The summed E-state index contributed by atoms with van der Waals surface area (Å²) in [7, 11) is -3.82. The minimum atomic E-state index is -3.82. The molecule has 2 aromatic carbocycles. The molecule has 0 aliphatic heterocycles. The second-order valence-electron chi connectivity index (χ2n) is 9.23. The van der Waals surface area contributed by atoms with Crippen molar-refractivity contribution in [1.29, 1.82) is 0 Å². The lowest BCUT2D eigenvalue weighted by Gasteiger charge is -2.32. The third-order valence-electron chi connectivity index (χ3n) is 6.33. The first kappa shape index (κ1) is 30.2. The second kappa shape index (κ2) is 13.5. The number of aryl methyl sites for hydroxylation is 1. The predicted molar refractivity (Wildman–Crippen MR) is 141 cm³/mol. The molecule has 2 atom stereocenters. The van der Waals surface area contributed by atoms with Crippen LogP contribution in [0.5, 0.6) is 0 Å². The molecule has 0 aromatic heterocycles. The van der Waals surface area contributed by atoms with Gasteiger partial charge in [0.1, 0.15) is 6.04 Å². The monoisotopic (exact) mass is 537 g/mol. The standard InChI is InChI=1S/C27H37F2N3O4S/c1-6-20(4)30-27(34)25(7-2)31(18-21-12-9-8-11-19(21)3)26(33)13-10-16-32(37(5,35)36)22-14-15-23(28)24(29)17-22/h8-9,11-12,14-15,17,20,25H,6-7,10,13,16,18H2,1-5H3,(H,30,34)/t20-,25+/m1/s1. The molecule has 10 heteroatoms. The topological polar surface area (TPSA) is 86.8 Å². The number of hydrogen-bond donors (Lipinski definition) is 1. The third kappa shape index (κ3) is 8.52. The SMILES string of the molecule is CC[C@@H](C)NC(=O)[C@H](CC)N(Cc1ccccc1C)C(=O)CCCN(c1ccc(F)c(F)c1)S(C)(=O)=O. The lowest BCUT2D eigenvalue weighted by Crippen LogP contribution is -2.50. The van der Waals surface area contributed by atoms with Gasteiger partial charge in [0.25, 0.3) is 0 Å². The van der Waals surface area contributed by atoms with Gasteiger partial charge in [-0.2, -0.15) is 0 Å². The quantitative estimate of drug-likeness (QED) is 0.406. The highest BCUT2D eigenvalue weighted by Gasteiger charge is 2.29. The van der Waals surface area contributed by atoms with Gasteiger partial charge in [-0.05, 0) is 56.4 Å². The van der Waals surface area contributed by atoms with Crippen LogP contribution in [0.2, 0.25) is 0 Å². The highest BCUT2D eigenvalue weighted by molar-refractivity contribution is 7.92. The van der Waals surface area contributed by atoms with Crippen LogP contribution in [-0.2, 0) is 26.2 Å². The van der Waals surface area contributed by atoms with Crippen molar-refractivity contribution >= 4 is 27.5 Å². The van der Waals surface area contributed by atoms with Gasteiger partial charge >= 0.3 is 0 Å².